The van der Waals surface area contributed by atoms with Gasteiger partial charge in [0.05, 0.1) is 5.70 Å². The third-order valence-corrected chi connectivity index (χ3v) is 1.23. The van der Waals surface area contributed by atoms with Gasteiger partial charge in [0.25, 0.3) is 0 Å². The minimum absolute atomic E-state index is 0.00669. The van der Waals surface area contributed by atoms with Crippen LogP contribution in [-0.2, 0) is 0 Å². The fraction of sp³-hybridized carbons (Fsp3) is 0.222. The zero-order valence-corrected chi connectivity index (χ0v) is 7.28. The van der Waals surface area contributed by atoms with Crippen LogP contribution in [0.15, 0.2) is 42.1 Å². The highest BCUT2D eigenvalue weighted by Crippen LogP contribution is 2.20. The zero-order chi connectivity index (χ0) is 10.6. The van der Waals surface area contributed by atoms with Crippen molar-refractivity contribution in [2.24, 2.45) is 4.99 Å². The van der Waals surface area contributed by atoms with Crippen LogP contribution in [0, 0.1) is 0 Å². The van der Waals surface area contributed by atoms with Crippen molar-refractivity contribution in [3.8, 4) is 0 Å². The summed E-state index contributed by atoms with van der Waals surface area (Å²) in [5, 5.41) is 0. The Morgan fingerprint density at radius 1 is 1.31 bits per heavy atom. The molecule has 0 fully saturated rings. The highest BCUT2D eigenvalue weighted by Gasteiger charge is 2.33. The molecule has 0 rings (SSSR count). The molecule has 13 heavy (non-hydrogen) atoms. The molecule has 4 heteroatoms. The summed E-state index contributed by atoms with van der Waals surface area (Å²) in [5.41, 5.74) is -0.656. The summed E-state index contributed by atoms with van der Waals surface area (Å²) in [4.78, 5) is 3.25. The lowest BCUT2D eigenvalue weighted by atomic mass is 10.2. The molecule has 0 spiro atoms. The molecule has 0 unspecified atom stereocenters. The van der Waals surface area contributed by atoms with Gasteiger partial charge in [-0.25, -0.2) is 4.99 Å². The Hall–Kier alpha value is -1.32. The predicted molar refractivity (Wildman–Crippen MR) is 47.6 cm³/mol. The lowest BCUT2D eigenvalue weighted by Crippen LogP contribution is -2.20. The van der Waals surface area contributed by atoms with Gasteiger partial charge in [0, 0.05) is 0 Å². The van der Waals surface area contributed by atoms with Gasteiger partial charge in [-0.05, 0) is 18.6 Å². The molecule has 0 amide bonds. The van der Waals surface area contributed by atoms with Gasteiger partial charge in [-0.1, -0.05) is 19.7 Å². The van der Waals surface area contributed by atoms with Gasteiger partial charge in [-0.3, -0.25) is 0 Å². The maximum atomic E-state index is 12.1. The van der Waals surface area contributed by atoms with Crippen LogP contribution in [-0.4, -0.2) is 11.9 Å². The molecule has 0 aliphatic carbocycles. The molecule has 0 aromatic carbocycles. The van der Waals surface area contributed by atoms with Gasteiger partial charge < -0.3 is 0 Å². The minimum atomic E-state index is -4.49. The Labute approximate surface area is 75.0 Å². The number of nitrogens with zero attached hydrogens (tertiary/aromatic N) is 1. The van der Waals surface area contributed by atoms with Crippen molar-refractivity contribution in [3.63, 3.8) is 0 Å². The van der Waals surface area contributed by atoms with E-state index in [1.54, 1.807) is 0 Å². The lowest BCUT2D eigenvalue weighted by Gasteiger charge is -2.06. The molecule has 0 saturated heterocycles. The Kier molecular flexibility index (Phi) is 3.66. The number of hydrogen-bond acceptors (Lipinski definition) is 1. The molecule has 0 saturated carbocycles. The SMILES string of the molecule is C=CC(=NC(=C)C(=C)C)C(F)(F)F. The van der Waals surface area contributed by atoms with E-state index >= 15 is 0 Å². The lowest BCUT2D eigenvalue weighted by molar-refractivity contribution is -0.0576. The largest absolute Gasteiger partial charge is 0.433 e. The van der Waals surface area contributed by atoms with E-state index < -0.39 is 11.9 Å². The second-order valence-corrected chi connectivity index (χ2v) is 2.43. The van der Waals surface area contributed by atoms with Crippen LogP contribution < -0.4 is 0 Å². The standard InChI is InChI=1S/C9H10F3N/c1-5-8(9(10,11)12)13-7(4)6(2)3/h5H,1-2,4H2,3H3. The second kappa shape index (κ2) is 4.07. The highest BCUT2D eigenvalue weighted by molar-refractivity contribution is 5.99. The number of rotatable bonds is 3. The summed E-state index contributed by atoms with van der Waals surface area (Å²) >= 11 is 0. The smallest absolute Gasteiger partial charge is 0.244 e. The zero-order valence-electron chi connectivity index (χ0n) is 7.28. The van der Waals surface area contributed by atoms with E-state index in [4.69, 9.17) is 0 Å². The van der Waals surface area contributed by atoms with Crippen LogP contribution in [0.5, 0.6) is 0 Å². The maximum Gasteiger partial charge on any atom is 0.433 e. The van der Waals surface area contributed by atoms with Gasteiger partial charge >= 0.3 is 6.18 Å². The van der Waals surface area contributed by atoms with Crippen LogP contribution >= 0.6 is 0 Å². The fourth-order valence-electron chi connectivity index (χ4n) is 0.466. The number of hydrogen-bond donors (Lipinski definition) is 0. The summed E-state index contributed by atoms with van der Waals surface area (Å²) in [5.74, 6) is 0. The van der Waals surface area contributed by atoms with Crippen molar-refractivity contribution in [1.82, 2.24) is 0 Å². The molecule has 72 valence electrons. The van der Waals surface area contributed by atoms with Crippen molar-refractivity contribution in [2.75, 3.05) is 0 Å². The third-order valence-electron chi connectivity index (χ3n) is 1.23. The predicted octanol–water partition coefficient (Wildman–Crippen LogP) is 3.27. The van der Waals surface area contributed by atoms with Crippen LogP contribution in [0.25, 0.3) is 0 Å². The Morgan fingerprint density at radius 2 is 1.77 bits per heavy atom. The Bertz CT molecular complexity index is 271. The van der Waals surface area contributed by atoms with E-state index in [0.717, 1.165) is 0 Å². The van der Waals surface area contributed by atoms with Crippen LogP contribution in [0.3, 0.4) is 0 Å². The molecule has 0 atom stereocenters. The van der Waals surface area contributed by atoms with Gasteiger partial charge in [0.2, 0.25) is 0 Å². The molecule has 0 aromatic rings. The fourth-order valence-corrected chi connectivity index (χ4v) is 0.466. The molecule has 0 aliphatic rings. The van der Waals surface area contributed by atoms with Crippen molar-refractivity contribution in [3.05, 3.63) is 37.1 Å². The first-order valence-corrected chi connectivity index (χ1v) is 3.42. The summed E-state index contributed by atoms with van der Waals surface area (Å²) in [6.07, 6.45) is -3.84. The topological polar surface area (TPSA) is 12.4 Å². The van der Waals surface area contributed by atoms with E-state index in [-0.39, 0.29) is 5.70 Å². The van der Waals surface area contributed by atoms with Crippen molar-refractivity contribution in [1.29, 1.82) is 0 Å². The normalized spacial score (nSPS) is 12.5. The average molecular weight is 189 g/mol. The molecule has 0 heterocycles. The number of aliphatic imine (C=N–C) groups is 1. The molecule has 0 radical (unpaired) electrons. The Balaban J connectivity index is 4.89. The van der Waals surface area contributed by atoms with Gasteiger partial charge in [-0.15, -0.1) is 0 Å². The quantitative estimate of drug-likeness (QED) is 0.477. The summed E-state index contributed by atoms with van der Waals surface area (Å²) < 4.78 is 36.2. The first-order valence-electron chi connectivity index (χ1n) is 3.42. The van der Waals surface area contributed by atoms with E-state index in [9.17, 15) is 13.2 Å². The number of alkyl halides is 3. The minimum Gasteiger partial charge on any atom is -0.244 e. The van der Waals surface area contributed by atoms with E-state index in [2.05, 4.69) is 24.7 Å². The average Bonchev–Trinajstić information content (AvgIpc) is 1.96. The van der Waals surface area contributed by atoms with E-state index in [1.165, 1.54) is 6.92 Å². The molecule has 0 aromatic heterocycles. The molecule has 0 bridgehead atoms. The Morgan fingerprint density at radius 3 is 2.00 bits per heavy atom. The van der Waals surface area contributed by atoms with E-state index in [1.807, 2.05) is 0 Å². The highest BCUT2D eigenvalue weighted by atomic mass is 19.4. The van der Waals surface area contributed by atoms with Crippen molar-refractivity contribution in [2.45, 2.75) is 13.1 Å². The van der Waals surface area contributed by atoms with Crippen LogP contribution in [0.2, 0.25) is 0 Å². The monoisotopic (exact) mass is 189 g/mol. The van der Waals surface area contributed by atoms with E-state index in [0.29, 0.717) is 11.6 Å². The first kappa shape index (κ1) is 11.7. The van der Waals surface area contributed by atoms with Crippen molar-refractivity contribution < 1.29 is 13.2 Å². The maximum absolute atomic E-state index is 12.1. The number of allylic oxidation sites excluding steroid dienone is 2. The van der Waals surface area contributed by atoms with Crippen LogP contribution in [0.4, 0.5) is 13.2 Å². The molecule has 0 aliphatic heterocycles. The first-order chi connectivity index (χ1) is 5.79. The molecule has 0 N–H and O–H groups in total. The third kappa shape index (κ3) is 3.73. The number of halogens is 3. The summed E-state index contributed by atoms with van der Waals surface area (Å²) in [7, 11) is 0. The molecular formula is C9H10F3N. The van der Waals surface area contributed by atoms with Gasteiger partial charge in [-0.2, -0.15) is 13.2 Å². The molecule has 1 nitrogen and oxygen atoms in total. The summed E-state index contributed by atoms with van der Waals surface area (Å²) in [6.45, 7) is 11.3. The van der Waals surface area contributed by atoms with Crippen LogP contribution in [0.1, 0.15) is 6.92 Å². The van der Waals surface area contributed by atoms with Crippen molar-refractivity contribution >= 4 is 5.71 Å². The van der Waals surface area contributed by atoms with Gasteiger partial charge in [0.1, 0.15) is 5.71 Å². The summed E-state index contributed by atoms with van der Waals surface area (Å²) in [6, 6.07) is 0. The van der Waals surface area contributed by atoms with Gasteiger partial charge in [0.15, 0.2) is 0 Å². The molecular weight excluding hydrogens is 179 g/mol. The second-order valence-electron chi connectivity index (χ2n) is 2.43.